The van der Waals surface area contributed by atoms with Crippen molar-refractivity contribution in [2.24, 2.45) is 5.41 Å². The van der Waals surface area contributed by atoms with Gasteiger partial charge in [0.2, 0.25) is 0 Å². The van der Waals surface area contributed by atoms with E-state index < -0.39 is 0 Å². The van der Waals surface area contributed by atoms with Crippen molar-refractivity contribution < 1.29 is 4.74 Å². The van der Waals surface area contributed by atoms with Crippen molar-refractivity contribution in [1.29, 1.82) is 0 Å². The molecule has 0 amide bonds. The Balaban J connectivity index is 1.99. The Morgan fingerprint density at radius 3 is 2.48 bits per heavy atom. The number of hydrogen-bond acceptors (Lipinski definition) is 6. The molecule has 7 heteroatoms. The lowest BCUT2D eigenvalue weighted by Crippen LogP contribution is -2.51. The van der Waals surface area contributed by atoms with Gasteiger partial charge in [0, 0.05) is 29.5 Å². The van der Waals surface area contributed by atoms with E-state index in [2.05, 4.69) is 29.4 Å². The number of benzene rings is 1. The highest BCUT2D eigenvalue weighted by atomic mass is 16.5. The second-order valence-corrected chi connectivity index (χ2v) is 6.13. The molecule has 2 atom stereocenters. The average molecular weight is 288 g/mol. The lowest BCUT2D eigenvalue weighted by atomic mass is 9.64. The Morgan fingerprint density at radius 2 is 1.90 bits per heavy atom. The first-order valence-corrected chi connectivity index (χ1v) is 6.90. The number of aromatic nitrogens is 4. The topological polar surface area (TPSA) is 105 Å². The standard InChI is InChI=1S/C14H20N6O/c1-14(2)11(7-12(14)21-3)20-13(17-18-19-20)8-4-9(15)6-10(16)5-8/h4-6,11-12H,7,15-16H2,1-3H3. The molecule has 1 aromatic carbocycles. The molecule has 0 spiro atoms. The van der Waals surface area contributed by atoms with Gasteiger partial charge in [-0.2, -0.15) is 0 Å². The van der Waals surface area contributed by atoms with Crippen molar-refractivity contribution in [3.05, 3.63) is 18.2 Å². The number of anilines is 2. The van der Waals surface area contributed by atoms with E-state index in [9.17, 15) is 0 Å². The van der Waals surface area contributed by atoms with Crippen LogP contribution in [0.2, 0.25) is 0 Å². The lowest BCUT2D eigenvalue weighted by Gasteiger charge is -2.50. The smallest absolute Gasteiger partial charge is 0.182 e. The van der Waals surface area contributed by atoms with Crippen LogP contribution >= 0.6 is 0 Å². The first kappa shape index (κ1) is 13.8. The molecule has 21 heavy (non-hydrogen) atoms. The van der Waals surface area contributed by atoms with Crippen LogP contribution < -0.4 is 11.5 Å². The van der Waals surface area contributed by atoms with Crippen LogP contribution in [0, 0.1) is 5.41 Å². The third-order valence-electron chi connectivity index (χ3n) is 4.43. The highest BCUT2D eigenvalue weighted by Gasteiger charge is 2.51. The largest absolute Gasteiger partial charge is 0.399 e. The highest BCUT2D eigenvalue weighted by Crippen LogP contribution is 2.51. The highest BCUT2D eigenvalue weighted by molar-refractivity contribution is 5.68. The molecule has 2 unspecified atom stereocenters. The Hall–Kier alpha value is -2.15. The molecule has 1 fully saturated rings. The number of nitrogens with zero attached hydrogens (tertiary/aromatic N) is 4. The maximum absolute atomic E-state index is 5.86. The zero-order valence-electron chi connectivity index (χ0n) is 12.4. The lowest BCUT2D eigenvalue weighted by molar-refractivity contribution is -0.116. The third-order valence-corrected chi connectivity index (χ3v) is 4.43. The number of hydrogen-bond donors (Lipinski definition) is 2. The van der Waals surface area contributed by atoms with E-state index in [0.717, 1.165) is 12.0 Å². The molecule has 4 N–H and O–H groups in total. The summed E-state index contributed by atoms with van der Waals surface area (Å²) in [4.78, 5) is 0. The van der Waals surface area contributed by atoms with Crippen molar-refractivity contribution in [3.63, 3.8) is 0 Å². The summed E-state index contributed by atoms with van der Waals surface area (Å²) in [5, 5.41) is 12.1. The summed E-state index contributed by atoms with van der Waals surface area (Å²) in [6.45, 7) is 4.32. The molecule has 3 rings (SSSR count). The quantitative estimate of drug-likeness (QED) is 0.829. The van der Waals surface area contributed by atoms with E-state index >= 15 is 0 Å². The molecule has 1 saturated carbocycles. The molecule has 0 saturated heterocycles. The van der Waals surface area contributed by atoms with Crippen LogP contribution in [0.3, 0.4) is 0 Å². The van der Waals surface area contributed by atoms with Gasteiger partial charge in [0.25, 0.3) is 0 Å². The van der Waals surface area contributed by atoms with E-state index in [0.29, 0.717) is 17.2 Å². The summed E-state index contributed by atoms with van der Waals surface area (Å²) in [5.41, 5.74) is 13.7. The average Bonchev–Trinajstić information content (AvgIpc) is 2.85. The van der Waals surface area contributed by atoms with Crippen LogP contribution in [0.4, 0.5) is 11.4 Å². The van der Waals surface area contributed by atoms with E-state index in [1.165, 1.54) is 0 Å². The summed E-state index contributed by atoms with van der Waals surface area (Å²) >= 11 is 0. The van der Waals surface area contributed by atoms with Crippen LogP contribution in [0.1, 0.15) is 26.3 Å². The number of tetrazole rings is 1. The van der Waals surface area contributed by atoms with E-state index in [4.69, 9.17) is 16.2 Å². The van der Waals surface area contributed by atoms with Gasteiger partial charge in [-0.3, -0.25) is 0 Å². The van der Waals surface area contributed by atoms with Gasteiger partial charge in [0.15, 0.2) is 5.82 Å². The number of methoxy groups -OCH3 is 1. The number of nitrogen functional groups attached to an aromatic ring is 2. The Bertz CT molecular complexity index is 645. The maximum atomic E-state index is 5.86. The minimum absolute atomic E-state index is 0.0231. The van der Waals surface area contributed by atoms with Crippen LogP contribution in [0.25, 0.3) is 11.4 Å². The fourth-order valence-electron chi connectivity index (χ4n) is 3.08. The molecule has 7 nitrogen and oxygen atoms in total. The van der Waals surface area contributed by atoms with Gasteiger partial charge >= 0.3 is 0 Å². The molecule has 1 heterocycles. The molecule has 2 aromatic rings. The Morgan fingerprint density at radius 1 is 1.24 bits per heavy atom. The molecule has 1 aliphatic carbocycles. The Kier molecular flexibility index (Phi) is 3.09. The first-order valence-electron chi connectivity index (χ1n) is 6.90. The summed E-state index contributed by atoms with van der Waals surface area (Å²) in [6.07, 6.45) is 1.10. The molecule has 1 aliphatic rings. The molecule has 0 aliphatic heterocycles. The van der Waals surface area contributed by atoms with Gasteiger partial charge < -0.3 is 16.2 Å². The Labute approximate surface area is 123 Å². The predicted octanol–water partition coefficient (Wildman–Crippen LogP) is 1.49. The van der Waals surface area contributed by atoms with Gasteiger partial charge in [-0.15, -0.1) is 5.10 Å². The summed E-state index contributed by atoms with van der Waals surface area (Å²) < 4.78 is 7.34. The van der Waals surface area contributed by atoms with Crippen molar-refractivity contribution >= 4 is 11.4 Å². The maximum Gasteiger partial charge on any atom is 0.182 e. The predicted molar refractivity (Wildman–Crippen MR) is 80.3 cm³/mol. The minimum Gasteiger partial charge on any atom is -0.399 e. The van der Waals surface area contributed by atoms with Crippen molar-refractivity contribution in [2.75, 3.05) is 18.6 Å². The van der Waals surface area contributed by atoms with Gasteiger partial charge in [0.05, 0.1) is 12.1 Å². The fraction of sp³-hybridized carbons (Fsp3) is 0.500. The number of nitrogens with two attached hydrogens (primary N) is 2. The van der Waals surface area contributed by atoms with Crippen molar-refractivity contribution in [3.8, 4) is 11.4 Å². The third kappa shape index (κ3) is 2.13. The molecule has 0 radical (unpaired) electrons. The number of ether oxygens (including phenoxy) is 1. The van der Waals surface area contributed by atoms with Gasteiger partial charge in [0.1, 0.15) is 0 Å². The van der Waals surface area contributed by atoms with Crippen LogP contribution in [0.15, 0.2) is 18.2 Å². The molecular formula is C14H20N6O. The SMILES string of the molecule is COC1CC(n2nnnc2-c2cc(N)cc(N)c2)C1(C)C. The van der Waals surface area contributed by atoms with E-state index in [1.807, 2.05) is 16.8 Å². The van der Waals surface area contributed by atoms with Gasteiger partial charge in [-0.05, 0) is 35.0 Å². The van der Waals surface area contributed by atoms with Crippen LogP contribution in [-0.2, 0) is 4.74 Å². The van der Waals surface area contributed by atoms with Gasteiger partial charge in [-0.1, -0.05) is 13.8 Å². The van der Waals surface area contributed by atoms with E-state index in [1.54, 1.807) is 13.2 Å². The monoisotopic (exact) mass is 288 g/mol. The molecule has 112 valence electrons. The molecular weight excluding hydrogens is 268 g/mol. The zero-order chi connectivity index (χ0) is 15.2. The van der Waals surface area contributed by atoms with Crippen molar-refractivity contribution in [2.45, 2.75) is 32.4 Å². The van der Waals surface area contributed by atoms with Crippen LogP contribution in [0.5, 0.6) is 0 Å². The first-order chi connectivity index (χ1) is 9.93. The normalized spacial score (nSPS) is 23.8. The summed E-state index contributed by atoms with van der Waals surface area (Å²) in [5.74, 6) is 0.682. The number of rotatable bonds is 3. The second-order valence-electron chi connectivity index (χ2n) is 6.13. The van der Waals surface area contributed by atoms with Crippen LogP contribution in [-0.4, -0.2) is 33.4 Å². The van der Waals surface area contributed by atoms with E-state index in [-0.39, 0.29) is 17.6 Å². The second kappa shape index (κ2) is 4.70. The van der Waals surface area contributed by atoms with Gasteiger partial charge in [-0.25, -0.2) is 4.68 Å². The summed E-state index contributed by atoms with van der Waals surface area (Å²) in [7, 11) is 1.74. The summed E-state index contributed by atoms with van der Waals surface area (Å²) in [6, 6.07) is 5.57. The molecule has 1 aromatic heterocycles. The zero-order valence-corrected chi connectivity index (χ0v) is 12.4. The fourth-order valence-corrected chi connectivity index (χ4v) is 3.08. The van der Waals surface area contributed by atoms with Crippen molar-refractivity contribution in [1.82, 2.24) is 20.2 Å². The minimum atomic E-state index is -0.0231. The molecule has 0 bridgehead atoms.